The number of rotatable bonds is 4. The fraction of sp³-hybridized carbons (Fsp3) is 0.522. The van der Waals surface area contributed by atoms with Gasteiger partial charge in [-0.15, -0.1) is 5.10 Å². The lowest BCUT2D eigenvalue weighted by Gasteiger charge is -2.36. The summed E-state index contributed by atoms with van der Waals surface area (Å²) in [7, 11) is 0. The number of nitro benzene ring substituents is 1. The second-order valence-electron chi connectivity index (χ2n) is 9.55. The molecule has 2 aromatic heterocycles. The summed E-state index contributed by atoms with van der Waals surface area (Å²) >= 11 is 0. The molecule has 1 saturated carbocycles. The first-order valence-corrected chi connectivity index (χ1v) is 11.0. The monoisotopic (exact) mass is 423 g/mol. The van der Waals surface area contributed by atoms with Crippen LogP contribution in [0.1, 0.15) is 70.8 Å². The van der Waals surface area contributed by atoms with Crippen molar-refractivity contribution >= 4 is 11.2 Å². The zero-order valence-electron chi connectivity index (χ0n) is 18.5. The van der Waals surface area contributed by atoms with Crippen molar-refractivity contribution in [3.8, 4) is 11.4 Å². The zero-order chi connectivity index (χ0) is 22.3. The van der Waals surface area contributed by atoms with Gasteiger partial charge in [-0.05, 0) is 55.6 Å². The third kappa shape index (κ3) is 3.98. The topological polar surface area (TPSA) is 106 Å². The van der Waals surface area contributed by atoms with Crippen LogP contribution in [-0.2, 0) is 6.42 Å². The van der Waals surface area contributed by atoms with E-state index in [4.69, 9.17) is 10.1 Å². The maximum Gasteiger partial charge on any atom is 0.277 e. The molecule has 1 N–H and O–H groups in total. The average molecular weight is 424 g/mol. The lowest BCUT2D eigenvalue weighted by molar-refractivity contribution is -0.384. The van der Waals surface area contributed by atoms with E-state index in [0.29, 0.717) is 34.7 Å². The highest BCUT2D eigenvalue weighted by Gasteiger charge is 2.32. The number of hydrogen-bond donors (Lipinski definition) is 1. The van der Waals surface area contributed by atoms with Crippen LogP contribution < -0.4 is 5.56 Å². The van der Waals surface area contributed by atoms with Crippen LogP contribution >= 0.6 is 0 Å². The number of aromatic nitrogens is 4. The molecule has 0 spiro atoms. The first kappa shape index (κ1) is 21.2. The van der Waals surface area contributed by atoms with E-state index in [0.717, 1.165) is 37.2 Å². The molecule has 0 atom stereocenters. The zero-order valence-corrected chi connectivity index (χ0v) is 18.5. The average Bonchev–Trinajstić information content (AvgIpc) is 3.12. The van der Waals surface area contributed by atoms with E-state index in [1.54, 1.807) is 16.6 Å². The van der Waals surface area contributed by atoms with Crippen molar-refractivity contribution in [3.05, 3.63) is 56.3 Å². The molecule has 0 aliphatic heterocycles. The highest BCUT2D eigenvalue weighted by Crippen LogP contribution is 2.43. The Labute approximate surface area is 180 Å². The lowest BCUT2D eigenvalue weighted by atomic mass is 9.70. The molecule has 8 nitrogen and oxygen atoms in total. The van der Waals surface area contributed by atoms with E-state index in [-0.39, 0.29) is 17.2 Å². The molecule has 1 aromatic carbocycles. The standard InChI is InChI=1S/C23H29N5O3/c1-5-18-19-22(29)25-20(14-8-12-17(13-9-14)28(30)31)26-27(19)21(24-18)15-6-10-16(11-7-15)23(2,3)4/h8-9,12-13,15-16H,5-7,10-11H2,1-4H3,(H,25,26,29). The predicted molar refractivity (Wildman–Crippen MR) is 119 cm³/mol. The first-order valence-electron chi connectivity index (χ1n) is 11.0. The summed E-state index contributed by atoms with van der Waals surface area (Å²) in [6.45, 7) is 8.90. The number of aryl methyl sites for hydroxylation is 1. The van der Waals surface area contributed by atoms with Gasteiger partial charge in [-0.2, -0.15) is 0 Å². The normalized spacial score (nSPS) is 19.6. The van der Waals surface area contributed by atoms with Gasteiger partial charge < -0.3 is 4.98 Å². The van der Waals surface area contributed by atoms with E-state index >= 15 is 0 Å². The third-order valence-corrected chi connectivity index (χ3v) is 6.60. The van der Waals surface area contributed by atoms with Crippen LogP contribution in [0.5, 0.6) is 0 Å². The van der Waals surface area contributed by atoms with Gasteiger partial charge in [0, 0.05) is 23.6 Å². The van der Waals surface area contributed by atoms with Gasteiger partial charge in [-0.1, -0.05) is 27.7 Å². The van der Waals surface area contributed by atoms with Gasteiger partial charge in [0.15, 0.2) is 11.3 Å². The van der Waals surface area contributed by atoms with Crippen molar-refractivity contribution in [2.24, 2.45) is 11.3 Å². The summed E-state index contributed by atoms with van der Waals surface area (Å²) in [6.07, 6.45) is 5.01. The van der Waals surface area contributed by atoms with Crippen molar-refractivity contribution in [2.75, 3.05) is 0 Å². The summed E-state index contributed by atoms with van der Waals surface area (Å²) in [5.41, 5.74) is 1.95. The summed E-state index contributed by atoms with van der Waals surface area (Å²) in [5.74, 6) is 2.20. The second kappa shape index (κ2) is 7.90. The van der Waals surface area contributed by atoms with Crippen LogP contribution in [0, 0.1) is 21.4 Å². The number of nitrogens with one attached hydrogen (secondary N) is 1. The molecule has 0 saturated heterocycles. The van der Waals surface area contributed by atoms with Crippen molar-refractivity contribution < 1.29 is 4.92 Å². The molecule has 1 aliphatic carbocycles. The smallest absolute Gasteiger partial charge is 0.277 e. The molecule has 4 rings (SSSR count). The van der Waals surface area contributed by atoms with Crippen molar-refractivity contribution in [1.82, 2.24) is 19.6 Å². The van der Waals surface area contributed by atoms with Crippen molar-refractivity contribution in [3.63, 3.8) is 0 Å². The van der Waals surface area contributed by atoms with Crippen LogP contribution in [0.25, 0.3) is 16.9 Å². The Morgan fingerprint density at radius 2 is 1.81 bits per heavy atom. The molecule has 31 heavy (non-hydrogen) atoms. The number of imidazole rings is 1. The van der Waals surface area contributed by atoms with E-state index in [1.165, 1.54) is 12.1 Å². The van der Waals surface area contributed by atoms with Crippen molar-refractivity contribution in [1.29, 1.82) is 0 Å². The Balaban J connectivity index is 1.75. The first-order chi connectivity index (χ1) is 14.7. The van der Waals surface area contributed by atoms with Crippen molar-refractivity contribution in [2.45, 2.75) is 65.7 Å². The summed E-state index contributed by atoms with van der Waals surface area (Å²) < 4.78 is 1.72. The minimum Gasteiger partial charge on any atom is -0.303 e. The quantitative estimate of drug-likeness (QED) is 0.476. The molecular weight excluding hydrogens is 394 g/mol. The van der Waals surface area contributed by atoms with Gasteiger partial charge in [-0.3, -0.25) is 14.9 Å². The Kier molecular flexibility index (Phi) is 5.41. The molecule has 1 fully saturated rings. The van der Waals surface area contributed by atoms with Gasteiger partial charge in [0.1, 0.15) is 5.82 Å². The number of hydrogen-bond acceptors (Lipinski definition) is 5. The Morgan fingerprint density at radius 3 is 2.35 bits per heavy atom. The van der Waals surface area contributed by atoms with Crippen LogP contribution in [0.3, 0.4) is 0 Å². The highest BCUT2D eigenvalue weighted by atomic mass is 16.6. The second-order valence-corrected chi connectivity index (χ2v) is 9.55. The van der Waals surface area contributed by atoms with Gasteiger partial charge >= 0.3 is 0 Å². The number of aromatic amines is 1. The number of fused-ring (bicyclic) bond motifs is 1. The van der Waals surface area contributed by atoms with Gasteiger partial charge in [0.05, 0.1) is 10.6 Å². The number of nitro groups is 1. The van der Waals surface area contributed by atoms with Crippen LogP contribution in [0.4, 0.5) is 5.69 Å². The van der Waals surface area contributed by atoms with E-state index in [1.807, 2.05) is 6.92 Å². The minimum absolute atomic E-state index is 0.000581. The molecule has 1 aliphatic rings. The molecular formula is C23H29N5O3. The van der Waals surface area contributed by atoms with Gasteiger partial charge in [-0.25, -0.2) is 9.50 Å². The summed E-state index contributed by atoms with van der Waals surface area (Å²) in [6, 6.07) is 6.04. The fourth-order valence-corrected chi connectivity index (χ4v) is 4.69. The molecule has 0 amide bonds. The molecule has 2 heterocycles. The number of H-pyrrole nitrogens is 1. The maximum absolute atomic E-state index is 12.9. The number of non-ortho nitro benzene ring substituents is 1. The van der Waals surface area contributed by atoms with E-state index in [2.05, 4.69) is 25.8 Å². The fourth-order valence-electron chi connectivity index (χ4n) is 4.69. The van der Waals surface area contributed by atoms with Crippen LogP contribution in [0.2, 0.25) is 0 Å². The highest BCUT2D eigenvalue weighted by molar-refractivity contribution is 5.59. The summed E-state index contributed by atoms with van der Waals surface area (Å²) in [4.78, 5) is 31.1. The van der Waals surface area contributed by atoms with Gasteiger partial charge in [0.25, 0.3) is 11.2 Å². The molecule has 0 radical (unpaired) electrons. The molecule has 0 bridgehead atoms. The molecule has 3 aromatic rings. The van der Waals surface area contributed by atoms with Gasteiger partial charge in [0.2, 0.25) is 0 Å². The number of nitrogens with zero attached hydrogens (tertiary/aromatic N) is 4. The van der Waals surface area contributed by atoms with Crippen LogP contribution in [-0.4, -0.2) is 24.5 Å². The van der Waals surface area contributed by atoms with E-state index < -0.39 is 4.92 Å². The molecule has 164 valence electrons. The Morgan fingerprint density at radius 1 is 1.16 bits per heavy atom. The summed E-state index contributed by atoms with van der Waals surface area (Å²) in [5, 5.41) is 15.7. The lowest BCUT2D eigenvalue weighted by Crippen LogP contribution is -2.26. The van der Waals surface area contributed by atoms with E-state index in [9.17, 15) is 14.9 Å². The SMILES string of the molecule is CCc1nc(C2CCC(C(C)(C)C)CC2)n2nc(-c3ccc([N+](=O)[O-])cc3)[nH]c(=O)c12. The number of benzene rings is 1. The molecule has 0 unspecified atom stereocenters. The van der Waals surface area contributed by atoms with Crippen LogP contribution in [0.15, 0.2) is 29.1 Å². The minimum atomic E-state index is -0.446. The molecule has 8 heteroatoms. The maximum atomic E-state index is 12.9. The predicted octanol–water partition coefficient (Wildman–Crippen LogP) is 4.88. The Bertz CT molecular complexity index is 1160. The Hall–Kier alpha value is -3.03. The largest absolute Gasteiger partial charge is 0.303 e. The third-order valence-electron chi connectivity index (χ3n) is 6.60.